The Labute approximate surface area is 129 Å². The number of hydrogen-bond donors (Lipinski definition) is 2. The monoisotopic (exact) mass is 304 g/mol. The molecule has 0 bridgehead atoms. The smallest absolute Gasteiger partial charge is 0.261 e. The lowest BCUT2D eigenvalue weighted by atomic mass is 10.2. The van der Waals surface area contributed by atoms with Crippen LogP contribution in [-0.4, -0.2) is 47.7 Å². The highest BCUT2D eigenvalue weighted by Gasteiger charge is 2.34. The zero-order valence-electron chi connectivity index (χ0n) is 12.0. The molecule has 2 aliphatic rings. The molecule has 0 spiro atoms. The maximum Gasteiger partial charge on any atom is 0.261 e. The number of amides is 1. The fraction of sp³-hybridized carbons (Fsp3) is 0.562. The SMILES string of the molecule is O=C(NC1CCN(C2CC2)C1)c1ccc(C#CCCO)s1. The van der Waals surface area contributed by atoms with Gasteiger partial charge in [-0.25, -0.2) is 0 Å². The zero-order chi connectivity index (χ0) is 14.7. The molecule has 1 saturated heterocycles. The van der Waals surface area contributed by atoms with E-state index in [4.69, 9.17) is 5.11 Å². The molecule has 5 heteroatoms. The molecule has 2 fully saturated rings. The molecule has 3 rings (SSSR count). The van der Waals surface area contributed by atoms with Gasteiger partial charge in [0.15, 0.2) is 0 Å². The molecule has 1 atom stereocenters. The average molecular weight is 304 g/mol. The number of thiophene rings is 1. The Balaban J connectivity index is 1.52. The molecule has 1 aliphatic carbocycles. The van der Waals surface area contributed by atoms with Crippen molar-refractivity contribution in [2.45, 2.75) is 37.8 Å². The van der Waals surface area contributed by atoms with Crippen LogP contribution in [0.1, 0.15) is 40.2 Å². The van der Waals surface area contributed by atoms with Crippen LogP contribution < -0.4 is 5.32 Å². The van der Waals surface area contributed by atoms with Crippen molar-refractivity contribution < 1.29 is 9.90 Å². The zero-order valence-corrected chi connectivity index (χ0v) is 12.8. The van der Waals surface area contributed by atoms with Crippen molar-refractivity contribution in [1.29, 1.82) is 0 Å². The van der Waals surface area contributed by atoms with E-state index in [1.165, 1.54) is 24.2 Å². The highest BCUT2D eigenvalue weighted by Crippen LogP contribution is 2.29. The van der Waals surface area contributed by atoms with Gasteiger partial charge in [-0.05, 0) is 31.4 Å². The van der Waals surface area contributed by atoms with E-state index in [1.807, 2.05) is 12.1 Å². The van der Waals surface area contributed by atoms with Crippen LogP contribution in [0, 0.1) is 11.8 Å². The van der Waals surface area contributed by atoms with Crippen LogP contribution in [0.3, 0.4) is 0 Å². The van der Waals surface area contributed by atoms with E-state index in [2.05, 4.69) is 22.1 Å². The molecule has 4 nitrogen and oxygen atoms in total. The third kappa shape index (κ3) is 3.85. The summed E-state index contributed by atoms with van der Waals surface area (Å²) in [4.78, 5) is 16.3. The summed E-state index contributed by atoms with van der Waals surface area (Å²) >= 11 is 1.41. The normalized spacial score (nSPS) is 21.9. The van der Waals surface area contributed by atoms with E-state index in [0.29, 0.717) is 11.3 Å². The fourth-order valence-corrected chi connectivity index (χ4v) is 3.45. The minimum Gasteiger partial charge on any atom is -0.395 e. The van der Waals surface area contributed by atoms with E-state index in [1.54, 1.807) is 0 Å². The molecule has 1 unspecified atom stereocenters. The van der Waals surface area contributed by atoms with Crippen LogP contribution in [0.25, 0.3) is 0 Å². The fourth-order valence-electron chi connectivity index (χ4n) is 2.67. The number of rotatable bonds is 4. The van der Waals surface area contributed by atoms with Gasteiger partial charge in [0.1, 0.15) is 0 Å². The first kappa shape index (κ1) is 14.6. The number of carbonyl (C=O) groups is 1. The molecule has 1 aromatic rings. The van der Waals surface area contributed by atoms with Crippen LogP contribution in [0.15, 0.2) is 12.1 Å². The first-order valence-electron chi connectivity index (χ1n) is 7.51. The molecule has 0 aromatic carbocycles. The number of nitrogens with one attached hydrogen (secondary N) is 1. The summed E-state index contributed by atoms with van der Waals surface area (Å²) < 4.78 is 0. The molecule has 21 heavy (non-hydrogen) atoms. The summed E-state index contributed by atoms with van der Waals surface area (Å²) in [5.41, 5.74) is 0. The van der Waals surface area contributed by atoms with E-state index in [-0.39, 0.29) is 18.6 Å². The van der Waals surface area contributed by atoms with Crippen LogP contribution in [0.2, 0.25) is 0 Å². The van der Waals surface area contributed by atoms with Gasteiger partial charge in [0.25, 0.3) is 5.91 Å². The van der Waals surface area contributed by atoms with Gasteiger partial charge in [-0.3, -0.25) is 9.69 Å². The van der Waals surface area contributed by atoms with Crippen molar-refractivity contribution in [2.24, 2.45) is 0 Å². The highest BCUT2D eigenvalue weighted by atomic mass is 32.1. The number of likely N-dealkylation sites (tertiary alicyclic amines) is 1. The third-order valence-corrected chi connectivity index (χ3v) is 4.90. The second kappa shape index (κ2) is 6.61. The van der Waals surface area contributed by atoms with Crippen LogP contribution in [-0.2, 0) is 0 Å². The Morgan fingerprint density at radius 3 is 3.05 bits per heavy atom. The van der Waals surface area contributed by atoms with Gasteiger partial charge < -0.3 is 10.4 Å². The lowest BCUT2D eigenvalue weighted by molar-refractivity contribution is 0.0941. The third-order valence-electron chi connectivity index (χ3n) is 3.90. The molecule has 1 saturated carbocycles. The number of carbonyl (C=O) groups excluding carboxylic acids is 1. The van der Waals surface area contributed by atoms with Gasteiger partial charge in [0.05, 0.1) is 16.4 Å². The van der Waals surface area contributed by atoms with Gasteiger partial charge in [-0.2, -0.15) is 0 Å². The summed E-state index contributed by atoms with van der Waals surface area (Å²) in [6.45, 7) is 2.17. The standard InChI is InChI=1S/C16H20N2O2S/c19-10-2-1-3-14-6-7-15(21-14)16(20)17-12-8-9-18(11-12)13-4-5-13/h6-7,12-13,19H,2,4-5,8-11H2,(H,17,20). The van der Waals surface area contributed by atoms with Crippen LogP contribution >= 0.6 is 11.3 Å². The predicted octanol–water partition coefficient (Wildman–Crippen LogP) is 1.45. The van der Waals surface area contributed by atoms with Crippen molar-refractivity contribution in [1.82, 2.24) is 10.2 Å². The minimum absolute atomic E-state index is 0.0119. The number of aliphatic hydroxyl groups excluding tert-OH is 1. The van der Waals surface area contributed by atoms with E-state index in [0.717, 1.165) is 30.4 Å². The Kier molecular flexibility index (Phi) is 4.59. The number of nitrogens with zero attached hydrogens (tertiary/aromatic N) is 1. The number of hydrogen-bond acceptors (Lipinski definition) is 4. The second-order valence-corrected chi connectivity index (χ2v) is 6.71. The lowest BCUT2D eigenvalue weighted by Gasteiger charge is -2.15. The molecule has 2 heterocycles. The van der Waals surface area contributed by atoms with Crippen molar-refractivity contribution in [3.8, 4) is 11.8 Å². The molecule has 1 aromatic heterocycles. The Morgan fingerprint density at radius 1 is 1.43 bits per heavy atom. The largest absolute Gasteiger partial charge is 0.395 e. The predicted molar refractivity (Wildman–Crippen MR) is 83.4 cm³/mol. The second-order valence-electron chi connectivity index (χ2n) is 5.62. The van der Waals surface area contributed by atoms with E-state index < -0.39 is 0 Å². The van der Waals surface area contributed by atoms with Gasteiger partial charge >= 0.3 is 0 Å². The summed E-state index contributed by atoms with van der Waals surface area (Å²) in [6.07, 6.45) is 4.16. The molecule has 2 N–H and O–H groups in total. The average Bonchev–Trinajstić information content (AvgIpc) is 3.04. The molecular weight excluding hydrogens is 284 g/mol. The summed E-state index contributed by atoms with van der Waals surface area (Å²) in [5.74, 6) is 5.85. The lowest BCUT2D eigenvalue weighted by Crippen LogP contribution is -2.37. The maximum atomic E-state index is 12.2. The first-order valence-corrected chi connectivity index (χ1v) is 8.32. The maximum absolute atomic E-state index is 12.2. The number of aliphatic hydroxyl groups is 1. The Morgan fingerprint density at radius 2 is 2.29 bits per heavy atom. The van der Waals surface area contributed by atoms with Crippen LogP contribution in [0.5, 0.6) is 0 Å². The molecular formula is C16H20N2O2S. The molecule has 112 valence electrons. The Bertz CT molecular complexity index is 568. The van der Waals surface area contributed by atoms with Crippen molar-refractivity contribution in [3.63, 3.8) is 0 Å². The molecule has 1 amide bonds. The quantitative estimate of drug-likeness (QED) is 0.828. The van der Waals surface area contributed by atoms with E-state index >= 15 is 0 Å². The Hall–Kier alpha value is -1.35. The van der Waals surface area contributed by atoms with E-state index in [9.17, 15) is 4.79 Å². The van der Waals surface area contributed by atoms with Crippen LogP contribution in [0.4, 0.5) is 0 Å². The van der Waals surface area contributed by atoms with Crippen molar-refractivity contribution in [3.05, 3.63) is 21.9 Å². The van der Waals surface area contributed by atoms with Gasteiger partial charge in [0, 0.05) is 31.6 Å². The minimum atomic E-state index is 0.0119. The van der Waals surface area contributed by atoms with Crippen molar-refractivity contribution >= 4 is 17.2 Å². The molecule has 0 radical (unpaired) electrons. The summed E-state index contributed by atoms with van der Waals surface area (Å²) in [6, 6.07) is 4.76. The first-order chi connectivity index (χ1) is 10.3. The van der Waals surface area contributed by atoms with Crippen molar-refractivity contribution in [2.75, 3.05) is 19.7 Å². The van der Waals surface area contributed by atoms with Gasteiger partial charge in [-0.1, -0.05) is 11.8 Å². The van der Waals surface area contributed by atoms with Gasteiger partial charge in [-0.15, -0.1) is 11.3 Å². The summed E-state index contributed by atoms with van der Waals surface area (Å²) in [7, 11) is 0. The highest BCUT2D eigenvalue weighted by molar-refractivity contribution is 7.14. The van der Waals surface area contributed by atoms with Gasteiger partial charge in [0.2, 0.25) is 0 Å². The summed E-state index contributed by atoms with van der Waals surface area (Å²) in [5, 5.41) is 11.8. The topological polar surface area (TPSA) is 52.6 Å². The molecule has 1 aliphatic heterocycles.